The van der Waals surface area contributed by atoms with Crippen molar-refractivity contribution >= 4 is 0 Å². The summed E-state index contributed by atoms with van der Waals surface area (Å²) in [7, 11) is 0. The highest BCUT2D eigenvalue weighted by atomic mass is 16.3. The number of allylic oxidation sites excluding steroid dienone is 4. The van der Waals surface area contributed by atoms with Gasteiger partial charge in [-0.2, -0.15) is 0 Å². The van der Waals surface area contributed by atoms with Gasteiger partial charge in [0, 0.05) is 6.61 Å². The van der Waals surface area contributed by atoms with Crippen molar-refractivity contribution in [2.45, 2.75) is 38.5 Å². The largest absolute Gasteiger partial charge is 0.396 e. The smallest absolute Gasteiger partial charge is 0.0436 e. The van der Waals surface area contributed by atoms with Gasteiger partial charge >= 0.3 is 0 Å². The van der Waals surface area contributed by atoms with Crippen LogP contribution in [0.25, 0.3) is 0 Å². The van der Waals surface area contributed by atoms with E-state index in [2.05, 4.69) is 18.2 Å². The van der Waals surface area contributed by atoms with Gasteiger partial charge in [-0.3, -0.25) is 0 Å². The van der Waals surface area contributed by atoms with Gasteiger partial charge in [0.25, 0.3) is 0 Å². The van der Waals surface area contributed by atoms with Gasteiger partial charge in [-0.05, 0) is 37.5 Å². The van der Waals surface area contributed by atoms with Crippen LogP contribution in [0.2, 0.25) is 0 Å². The molecule has 1 fully saturated rings. The Morgan fingerprint density at radius 2 is 2.14 bits per heavy atom. The minimum Gasteiger partial charge on any atom is -0.396 e. The second kappa shape index (κ2) is 4.79. The number of rotatable bonds is 4. The van der Waals surface area contributed by atoms with Crippen molar-refractivity contribution in [1.29, 1.82) is 0 Å². The van der Waals surface area contributed by atoms with E-state index in [1.165, 1.54) is 25.7 Å². The molecule has 1 heteroatoms. The molecule has 0 radical (unpaired) electrons. The van der Waals surface area contributed by atoms with Crippen LogP contribution in [0, 0.1) is 11.8 Å². The first-order valence-electron chi connectivity index (χ1n) is 5.88. The highest BCUT2D eigenvalue weighted by Crippen LogP contribution is 2.39. The normalized spacial score (nSPS) is 24.2. The Labute approximate surface area is 86.5 Å². The van der Waals surface area contributed by atoms with E-state index in [0.29, 0.717) is 12.5 Å². The molecule has 1 unspecified atom stereocenters. The number of aliphatic hydroxyl groups is 1. The summed E-state index contributed by atoms with van der Waals surface area (Å²) in [6, 6.07) is 0. The fourth-order valence-electron chi connectivity index (χ4n) is 2.96. The zero-order chi connectivity index (χ0) is 9.80. The lowest BCUT2D eigenvalue weighted by atomic mass is 9.82. The van der Waals surface area contributed by atoms with Gasteiger partial charge < -0.3 is 5.11 Å². The lowest BCUT2D eigenvalue weighted by Gasteiger charge is -2.24. The standard InChI is InChI=1S/C13H20O/c14-10-9-13(11-5-1-2-6-11)12-7-3-4-8-12/h1-2,5,12-14H,3-4,6-10H2. The average molecular weight is 192 g/mol. The van der Waals surface area contributed by atoms with E-state index in [-0.39, 0.29) is 0 Å². The molecule has 0 amide bonds. The van der Waals surface area contributed by atoms with Crippen molar-refractivity contribution in [3.63, 3.8) is 0 Å². The maximum absolute atomic E-state index is 9.11. The lowest BCUT2D eigenvalue weighted by molar-refractivity contribution is 0.237. The maximum atomic E-state index is 9.11. The Hall–Kier alpha value is -0.560. The van der Waals surface area contributed by atoms with Gasteiger partial charge in [0.2, 0.25) is 0 Å². The Balaban J connectivity index is 1.99. The highest BCUT2D eigenvalue weighted by molar-refractivity contribution is 5.25. The predicted octanol–water partition coefficient (Wildman–Crippen LogP) is 3.06. The Bertz CT molecular complexity index is 234. The van der Waals surface area contributed by atoms with E-state index >= 15 is 0 Å². The monoisotopic (exact) mass is 192 g/mol. The zero-order valence-electron chi connectivity index (χ0n) is 8.78. The quantitative estimate of drug-likeness (QED) is 0.725. The van der Waals surface area contributed by atoms with Gasteiger partial charge in [-0.25, -0.2) is 0 Å². The average Bonchev–Trinajstić information content (AvgIpc) is 2.87. The molecule has 2 rings (SSSR count). The Morgan fingerprint density at radius 3 is 2.71 bits per heavy atom. The molecular formula is C13H20O. The first kappa shape index (κ1) is 9.97. The van der Waals surface area contributed by atoms with Crippen LogP contribution >= 0.6 is 0 Å². The zero-order valence-corrected chi connectivity index (χ0v) is 8.78. The van der Waals surface area contributed by atoms with E-state index in [1.807, 2.05) is 0 Å². The van der Waals surface area contributed by atoms with E-state index in [9.17, 15) is 0 Å². The minimum absolute atomic E-state index is 0.346. The fourth-order valence-corrected chi connectivity index (χ4v) is 2.96. The third kappa shape index (κ3) is 2.09. The van der Waals surface area contributed by atoms with E-state index in [4.69, 9.17) is 5.11 Å². The topological polar surface area (TPSA) is 20.2 Å². The molecule has 2 aliphatic carbocycles. The van der Waals surface area contributed by atoms with Crippen LogP contribution in [0.1, 0.15) is 38.5 Å². The van der Waals surface area contributed by atoms with Crippen LogP contribution in [-0.2, 0) is 0 Å². The van der Waals surface area contributed by atoms with Crippen LogP contribution in [0.4, 0.5) is 0 Å². The number of aliphatic hydroxyl groups excluding tert-OH is 1. The summed E-state index contributed by atoms with van der Waals surface area (Å²) in [4.78, 5) is 0. The third-order valence-electron chi connectivity index (χ3n) is 3.69. The molecule has 0 bridgehead atoms. The van der Waals surface area contributed by atoms with Gasteiger partial charge in [0.1, 0.15) is 0 Å². The van der Waals surface area contributed by atoms with Gasteiger partial charge in [-0.1, -0.05) is 36.6 Å². The van der Waals surface area contributed by atoms with Crippen LogP contribution in [-0.4, -0.2) is 11.7 Å². The van der Waals surface area contributed by atoms with E-state index < -0.39 is 0 Å². The molecule has 0 spiro atoms. The van der Waals surface area contributed by atoms with E-state index in [1.54, 1.807) is 5.57 Å². The summed E-state index contributed by atoms with van der Waals surface area (Å²) >= 11 is 0. The maximum Gasteiger partial charge on any atom is 0.0436 e. The number of hydrogen-bond donors (Lipinski definition) is 1. The predicted molar refractivity (Wildman–Crippen MR) is 59.0 cm³/mol. The molecule has 14 heavy (non-hydrogen) atoms. The lowest BCUT2D eigenvalue weighted by Crippen LogP contribution is -2.15. The van der Waals surface area contributed by atoms with Crippen LogP contribution in [0.5, 0.6) is 0 Å². The molecule has 1 atom stereocenters. The van der Waals surface area contributed by atoms with Crippen molar-refractivity contribution in [2.24, 2.45) is 11.8 Å². The first-order chi connectivity index (χ1) is 6.92. The fraction of sp³-hybridized carbons (Fsp3) is 0.692. The summed E-state index contributed by atoms with van der Waals surface area (Å²) in [5.74, 6) is 1.52. The Morgan fingerprint density at radius 1 is 1.36 bits per heavy atom. The molecular weight excluding hydrogens is 172 g/mol. The summed E-state index contributed by atoms with van der Waals surface area (Å²) < 4.78 is 0. The second-order valence-corrected chi connectivity index (χ2v) is 4.54. The van der Waals surface area contributed by atoms with Crippen LogP contribution in [0.3, 0.4) is 0 Å². The molecule has 0 aromatic carbocycles. The first-order valence-corrected chi connectivity index (χ1v) is 5.88. The molecule has 1 N–H and O–H groups in total. The minimum atomic E-state index is 0.346. The molecule has 78 valence electrons. The summed E-state index contributed by atoms with van der Waals surface area (Å²) in [6.07, 6.45) is 14.3. The SMILES string of the molecule is OCCC(C1=CC=CC1)C1CCCC1. The van der Waals surface area contributed by atoms with Gasteiger partial charge in [0.15, 0.2) is 0 Å². The molecule has 1 nitrogen and oxygen atoms in total. The molecule has 2 aliphatic rings. The molecule has 0 aromatic rings. The molecule has 0 heterocycles. The molecule has 0 aromatic heterocycles. The van der Waals surface area contributed by atoms with Gasteiger partial charge in [0.05, 0.1) is 0 Å². The van der Waals surface area contributed by atoms with Gasteiger partial charge in [-0.15, -0.1) is 0 Å². The van der Waals surface area contributed by atoms with Crippen molar-refractivity contribution in [1.82, 2.24) is 0 Å². The number of hydrogen-bond acceptors (Lipinski definition) is 1. The molecule has 0 saturated heterocycles. The van der Waals surface area contributed by atoms with Crippen molar-refractivity contribution < 1.29 is 5.11 Å². The van der Waals surface area contributed by atoms with E-state index in [0.717, 1.165) is 18.8 Å². The van der Waals surface area contributed by atoms with Crippen molar-refractivity contribution in [3.05, 3.63) is 23.8 Å². The van der Waals surface area contributed by atoms with Crippen LogP contribution < -0.4 is 0 Å². The molecule has 0 aliphatic heterocycles. The third-order valence-corrected chi connectivity index (χ3v) is 3.69. The van der Waals surface area contributed by atoms with Crippen molar-refractivity contribution in [3.8, 4) is 0 Å². The summed E-state index contributed by atoms with van der Waals surface area (Å²) in [5, 5.41) is 9.11. The summed E-state index contributed by atoms with van der Waals surface area (Å²) in [5.41, 5.74) is 1.56. The Kier molecular flexibility index (Phi) is 3.41. The molecule has 1 saturated carbocycles. The second-order valence-electron chi connectivity index (χ2n) is 4.54. The van der Waals surface area contributed by atoms with Crippen LogP contribution in [0.15, 0.2) is 23.8 Å². The summed E-state index contributed by atoms with van der Waals surface area (Å²) in [6.45, 7) is 0.346. The highest BCUT2D eigenvalue weighted by Gasteiger charge is 2.27. The van der Waals surface area contributed by atoms with Crippen molar-refractivity contribution in [2.75, 3.05) is 6.61 Å².